The summed E-state index contributed by atoms with van der Waals surface area (Å²) in [6.07, 6.45) is 6.58. The first-order valence-corrected chi connectivity index (χ1v) is 6.52. The van der Waals surface area contributed by atoms with Crippen LogP contribution < -0.4 is 4.90 Å². The summed E-state index contributed by atoms with van der Waals surface area (Å²) < 4.78 is 0. The van der Waals surface area contributed by atoms with Gasteiger partial charge in [-0.2, -0.15) is 0 Å². The van der Waals surface area contributed by atoms with Gasteiger partial charge < -0.3 is 10.0 Å². The molecule has 1 aromatic rings. The maximum Gasteiger partial charge on any atom is 0.354 e. The number of anilines is 1. The first-order valence-electron chi connectivity index (χ1n) is 6.52. The summed E-state index contributed by atoms with van der Waals surface area (Å²) in [4.78, 5) is 17.0. The minimum Gasteiger partial charge on any atom is -0.477 e. The molecule has 1 aromatic heterocycles. The molecule has 0 spiro atoms. The van der Waals surface area contributed by atoms with Crippen molar-refractivity contribution in [3.8, 4) is 0 Å². The zero-order valence-electron chi connectivity index (χ0n) is 11.0. The minimum atomic E-state index is -0.970. The third-order valence-corrected chi connectivity index (χ3v) is 3.93. The van der Waals surface area contributed by atoms with Crippen molar-refractivity contribution in [3.63, 3.8) is 0 Å². The summed E-state index contributed by atoms with van der Waals surface area (Å²) in [6.45, 7) is 2.28. The van der Waals surface area contributed by atoms with Gasteiger partial charge in [0.05, 0.1) is 0 Å². The van der Waals surface area contributed by atoms with Crippen molar-refractivity contribution in [2.45, 2.75) is 38.6 Å². The lowest BCUT2D eigenvalue weighted by atomic mass is 9.85. The van der Waals surface area contributed by atoms with E-state index in [2.05, 4.69) is 16.8 Å². The average molecular weight is 248 g/mol. The van der Waals surface area contributed by atoms with Crippen LogP contribution in [0.1, 0.15) is 43.1 Å². The van der Waals surface area contributed by atoms with Crippen LogP contribution in [0.3, 0.4) is 0 Å². The Kier molecular flexibility index (Phi) is 3.84. The van der Waals surface area contributed by atoms with Gasteiger partial charge in [0.15, 0.2) is 0 Å². The fraction of sp³-hybridized carbons (Fsp3) is 0.571. The SMILES string of the molecule is CC1CCCCC1N(C)c1ccnc(C(=O)O)c1. The molecule has 0 amide bonds. The molecule has 2 unspecified atom stereocenters. The molecule has 2 atom stereocenters. The van der Waals surface area contributed by atoms with Crippen molar-refractivity contribution in [3.05, 3.63) is 24.0 Å². The smallest absolute Gasteiger partial charge is 0.354 e. The molecule has 1 fully saturated rings. The molecule has 0 aromatic carbocycles. The number of hydrogen-bond acceptors (Lipinski definition) is 3. The van der Waals surface area contributed by atoms with Crippen LogP contribution in [-0.2, 0) is 0 Å². The van der Waals surface area contributed by atoms with Crippen molar-refractivity contribution in [2.75, 3.05) is 11.9 Å². The molecule has 0 saturated heterocycles. The largest absolute Gasteiger partial charge is 0.477 e. The highest BCUT2D eigenvalue weighted by Gasteiger charge is 2.25. The number of carboxylic acid groups (broad SMARTS) is 1. The van der Waals surface area contributed by atoms with Crippen LogP contribution in [-0.4, -0.2) is 29.1 Å². The summed E-state index contributed by atoms with van der Waals surface area (Å²) in [5.74, 6) is -0.313. The molecule has 0 bridgehead atoms. The number of pyridine rings is 1. The van der Waals surface area contributed by atoms with Crippen molar-refractivity contribution < 1.29 is 9.90 Å². The van der Waals surface area contributed by atoms with Crippen molar-refractivity contribution in [1.29, 1.82) is 0 Å². The van der Waals surface area contributed by atoms with Gasteiger partial charge in [0, 0.05) is 25.0 Å². The molecule has 4 heteroatoms. The Labute approximate surface area is 108 Å². The number of nitrogens with zero attached hydrogens (tertiary/aromatic N) is 2. The second-order valence-corrected chi connectivity index (χ2v) is 5.14. The quantitative estimate of drug-likeness (QED) is 0.893. The highest BCUT2D eigenvalue weighted by atomic mass is 16.4. The molecule has 1 saturated carbocycles. The Morgan fingerprint density at radius 3 is 2.83 bits per heavy atom. The lowest BCUT2D eigenvalue weighted by molar-refractivity contribution is 0.0690. The number of rotatable bonds is 3. The third-order valence-electron chi connectivity index (χ3n) is 3.93. The molecule has 2 rings (SSSR count). The maximum absolute atomic E-state index is 10.9. The monoisotopic (exact) mass is 248 g/mol. The van der Waals surface area contributed by atoms with Crippen molar-refractivity contribution in [1.82, 2.24) is 4.98 Å². The van der Waals surface area contributed by atoms with Gasteiger partial charge in [0.2, 0.25) is 0 Å². The van der Waals surface area contributed by atoms with Crippen LogP contribution in [0.5, 0.6) is 0 Å². The van der Waals surface area contributed by atoms with Crippen molar-refractivity contribution in [2.24, 2.45) is 5.92 Å². The fourth-order valence-electron chi connectivity index (χ4n) is 2.82. The van der Waals surface area contributed by atoms with Gasteiger partial charge in [0.25, 0.3) is 0 Å². The van der Waals surface area contributed by atoms with Gasteiger partial charge in [-0.05, 0) is 30.9 Å². The van der Waals surface area contributed by atoms with E-state index in [9.17, 15) is 4.79 Å². The molecule has 18 heavy (non-hydrogen) atoms. The van der Waals surface area contributed by atoms with Crippen LogP contribution in [0, 0.1) is 5.92 Å². The number of aromatic carboxylic acids is 1. The normalized spacial score (nSPS) is 23.7. The van der Waals surface area contributed by atoms with Gasteiger partial charge in [-0.15, -0.1) is 0 Å². The average Bonchev–Trinajstić information content (AvgIpc) is 2.38. The first kappa shape index (κ1) is 12.9. The molecule has 1 N–H and O–H groups in total. The highest BCUT2D eigenvalue weighted by Crippen LogP contribution is 2.30. The standard InChI is InChI=1S/C14H20N2O2/c1-10-5-3-4-6-13(10)16(2)11-7-8-15-12(9-11)14(17)18/h7-10,13H,3-6H2,1-2H3,(H,17,18). The van der Waals surface area contributed by atoms with Crippen LogP contribution in [0.2, 0.25) is 0 Å². The molecular formula is C14H20N2O2. The Morgan fingerprint density at radius 1 is 1.44 bits per heavy atom. The second-order valence-electron chi connectivity index (χ2n) is 5.14. The molecule has 1 aliphatic carbocycles. The molecule has 0 radical (unpaired) electrons. The second kappa shape index (κ2) is 5.38. The van der Waals surface area contributed by atoms with E-state index < -0.39 is 5.97 Å². The van der Waals surface area contributed by atoms with E-state index in [4.69, 9.17) is 5.11 Å². The molecule has 4 nitrogen and oxygen atoms in total. The molecule has 98 valence electrons. The highest BCUT2D eigenvalue weighted by molar-refractivity contribution is 5.86. The Morgan fingerprint density at radius 2 is 2.17 bits per heavy atom. The van der Waals surface area contributed by atoms with Crippen LogP contribution in [0.25, 0.3) is 0 Å². The predicted octanol–water partition coefficient (Wildman–Crippen LogP) is 2.79. The van der Waals surface area contributed by atoms with E-state index in [1.165, 1.54) is 25.7 Å². The Hall–Kier alpha value is -1.58. The molecule has 0 aliphatic heterocycles. The van der Waals surface area contributed by atoms with Gasteiger partial charge in [-0.25, -0.2) is 9.78 Å². The van der Waals surface area contributed by atoms with E-state index >= 15 is 0 Å². The Bertz CT molecular complexity index is 434. The number of carboxylic acids is 1. The zero-order chi connectivity index (χ0) is 13.1. The van der Waals surface area contributed by atoms with E-state index in [0.29, 0.717) is 12.0 Å². The van der Waals surface area contributed by atoms with E-state index in [0.717, 1.165) is 5.69 Å². The summed E-state index contributed by atoms with van der Waals surface area (Å²) in [7, 11) is 2.05. The third kappa shape index (κ3) is 2.63. The van der Waals surface area contributed by atoms with Crippen LogP contribution in [0.4, 0.5) is 5.69 Å². The van der Waals surface area contributed by atoms with E-state index in [1.807, 2.05) is 13.1 Å². The molecule has 1 aliphatic rings. The summed E-state index contributed by atoms with van der Waals surface area (Å²) >= 11 is 0. The first-order chi connectivity index (χ1) is 8.59. The fourth-order valence-corrected chi connectivity index (χ4v) is 2.82. The molecular weight excluding hydrogens is 228 g/mol. The van der Waals surface area contributed by atoms with Crippen LogP contribution >= 0.6 is 0 Å². The summed E-state index contributed by atoms with van der Waals surface area (Å²) in [6, 6.07) is 4.04. The number of hydrogen-bond donors (Lipinski definition) is 1. The predicted molar refractivity (Wildman–Crippen MR) is 71.0 cm³/mol. The Balaban J connectivity index is 2.19. The number of aromatic nitrogens is 1. The summed E-state index contributed by atoms with van der Waals surface area (Å²) in [5, 5.41) is 8.97. The van der Waals surface area contributed by atoms with Gasteiger partial charge in [-0.1, -0.05) is 19.8 Å². The molecule has 1 heterocycles. The van der Waals surface area contributed by atoms with Crippen LogP contribution in [0.15, 0.2) is 18.3 Å². The van der Waals surface area contributed by atoms with E-state index in [1.54, 1.807) is 12.3 Å². The lowest BCUT2D eigenvalue weighted by Crippen LogP contribution is -2.39. The zero-order valence-corrected chi connectivity index (χ0v) is 11.0. The topological polar surface area (TPSA) is 53.4 Å². The van der Waals surface area contributed by atoms with Gasteiger partial charge in [0.1, 0.15) is 5.69 Å². The summed E-state index contributed by atoms with van der Waals surface area (Å²) in [5.41, 5.74) is 1.06. The van der Waals surface area contributed by atoms with Gasteiger partial charge >= 0.3 is 5.97 Å². The van der Waals surface area contributed by atoms with E-state index in [-0.39, 0.29) is 5.69 Å². The van der Waals surface area contributed by atoms with Gasteiger partial charge in [-0.3, -0.25) is 0 Å². The minimum absolute atomic E-state index is 0.114. The lowest BCUT2D eigenvalue weighted by Gasteiger charge is -2.37. The number of carbonyl (C=O) groups is 1. The maximum atomic E-state index is 10.9. The van der Waals surface area contributed by atoms with Crippen molar-refractivity contribution >= 4 is 11.7 Å².